The fraction of sp³-hybridized carbons (Fsp3) is 0.0435. The molecular formula is C23H19N5O2. The Morgan fingerprint density at radius 2 is 1.43 bits per heavy atom. The molecule has 0 bridgehead atoms. The normalized spacial score (nSPS) is 10.3. The summed E-state index contributed by atoms with van der Waals surface area (Å²) in [5.74, 6) is 2.43. The molecule has 0 atom stereocenters. The molecule has 0 radical (unpaired) electrons. The van der Waals surface area contributed by atoms with E-state index in [2.05, 4.69) is 25.8 Å². The summed E-state index contributed by atoms with van der Waals surface area (Å²) in [6, 6.07) is 24.2. The number of Topliss-reactive ketones (excluding diaryl/α,β-unsaturated/α-hetero) is 1. The smallest absolute Gasteiger partial charge is 0.249 e. The molecule has 30 heavy (non-hydrogen) atoms. The van der Waals surface area contributed by atoms with Crippen LogP contribution in [0.5, 0.6) is 11.5 Å². The molecule has 0 aliphatic carbocycles. The topological polar surface area (TPSA) is 89.0 Å². The van der Waals surface area contributed by atoms with Gasteiger partial charge in [-0.2, -0.15) is 10.1 Å². The number of benzene rings is 3. The van der Waals surface area contributed by atoms with Crippen molar-refractivity contribution in [1.29, 1.82) is 0 Å². The molecule has 7 nitrogen and oxygen atoms in total. The minimum absolute atomic E-state index is 0.0249. The molecule has 2 N–H and O–H groups in total. The number of para-hydroxylation sites is 1. The third kappa shape index (κ3) is 4.96. The van der Waals surface area contributed by atoms with Crippen molar-refractivity contribution in [2.45, 2.75) is 6.92 Å². The van der Waals surface area contributed by atoms with Crippen molar-refractivity contribution in [3.63, 3.8) is 0 Å². The van der Waals surface area contributed by atoms with Gasteiger partial charge in [-0.05, 0) is 67.6 Å². The van der Waals surface area contributed by atoms with E-state index < -0.39 is 0 Å². The van der Waals surface area contributed by atoms with Gasteiger partial charge in [0.05, 0.1) is 6.20 Å². The predicted octanol–water partition coefficient (Wildman–Crippen LogP) is 5.35. The van der Waals surface area contributed by atoms with Crippen molar-refractivity contribution < 1.29 is 9.53 Å². The Hall–Kier alpha value is -4.26. The molecule has 4 rings (SSSR count). The first kappa shape index (κ1) is 19.1. The minimum atomic E-state index is 0.0249. The maximum atomic E-state index is 11.4. The quantitative estimate of drug-likeness (QED) is 0.406. The van der Waals surface area contributed by atoms with Crippen molar-refractivity contribution in [1.82, 2.24) is 15.2 Å². The lowest BCUT2D eigenvalue weighted by atomic mass is 10.1. The summed E-state index contributed by atoms with van der Waals surface area (Å²) in [4.78, 5) is 15.8. The largest absolute Gasteiger partial charge is 0.457 e. The molecule has 0 amide bonds. The highest BCUT2D eigenvalue weighted by molar-refractivity contribution is 5.94. The Kier molecular flexibility index (Phi) is 5.61. The van der Waals surface area contributed by atoms with Gasteiger partial charge in [0.1, 0.15) is 11.5 Å². The number of carbonyl (C=O) groups is 1. The summed E-state index contributed by atoms with van der Waals surface area (Å²) in [5.41, 5.74) is 2.26. The monoisotopic (exact) mass is 397 g/mol. The van der Waals surface area contributed by atoms with Gasteiger partial charge in [-0.25, -0.2) is 0 Å². The number of nitrogens with one attached hydrogen (secondary N) is 2. The van der Waals surface area contributed by atoms with Crippen LogP contribution in [-0.4, -0.2) is 21.0 Å². The van der Waals surface area contributed by atoms with Gasteiger partial charge < -0.3 is 15.4 Å². The first-order valence-electron chi connectivity index (χ1n) is 9.33. The predicted molar refractivity (Wildman–Crippen MR) is 116 cm³/mol. The molecule has 1 heterocycles. The van der Waals surface area contributed by atoms with E-state index in [0.717, 1.165) is 22.9 Å². The highest BCUT2D eigenvalue weighted by Gasteiger charge is 2.04. The highest BCUT2D eigenvalue weighted by atomic mass is 16.5. The fourth-order valence-electron chi connectivity index (χ4n) is 2.71. The molecule has 0 saturated heterocycles. The van der Waals surface area contributed by atoms with E-state index in [4.69, 9.17) is 4.74 Å². The lowest BCUT2D eigenvalue weighted by molar-refractivity contribution is 0.101. The lowest BCUT2D eigenvalue weighted by Crippen LogP contribution is -2.02. The van der Waals surface area contributed by atoms with Crippen LogP contribution in [0.15, 0.2) is 85.1 Å². The Balaban J connectivity index is 1.40. The van der Waals surface area contributed by atoms with Gasteiger partial charge in [0, 0.05) is 16.9 Å². The van der Waals surface area contributed by atoms with Gasteiger partial charge in [0.25, 0.3) is 0 Å². The maximum absolute atomic E-state index is 11.4. The number of ketones is 1. The summed E-state index contributed by atoms with van der Waals surface area (Å²) in [7, 11) is 0. The third-order valence-corrected chi connectivity index (χ3v) is 4.21. The second-order valence-corrected chi connectivity index (χ2v) is 6.49. The van der Waals surface area contributed by atoms with Crippen LogP contribution in [0.25, 0.3) is 0 Å². The molecule has 0 saturated carbocycles. The molecule has 1 aromatic heterocycles. The van der Waals surface area contributed by atoms with Crippen LogP contribution in [0.3, 0.4) is 0 Å². The van der Waals surface area contributed by atoms with E-state index in [1.165, 1.54) is 13.1 Å². The molecule has 0 unspecified atom stereocenters. The van der Waals surface area contributed by atoms with Crippen LogP contribution in [0.1, 0.15) is 17.3 Å². The molecule has 0 aliphatic heterocycles. The number of rotatable bonds is 7. The third-order valence-electron chi connectivity index (χ3n) is 4.21. The van der Waals surface area contributed by atoms with Crippen molar-refractivity contribution in [3.05, 3.63) is 90.6 Å². The van der Waals surface area contributed by atoms with E-state index in [1.807, 2.05) is 66.7 Å². The average Bonchev–Trinajstić information content (AvgIpc) is 2.77. The second kappa shape index (κ2) is 8.83. The number of hydrogen-bond donors (Lipinski definition) is 2. The Labute approximate surface area is 173 Å². The number of nitrogens with zero attached hydrogens (tertiary/aromatic N) is 3. The number of hydrogen-bond acceptors (Lipinski definition) is 7. The van der Waals surface area contributed by atoms with Crippen LogP contribution >= 0.6 is 0 Å². The molecule has 7 heteroatoms. The molecular weight excluding hydrogens is 378 g/mol. The van der Waals surface area contributed by atoms with Crippen LogP contribution in [0.4, 0.5) is 23.1 Å². The molecule has 3 aromatic carbocycles. The number of ether oxygens (including phenoxy) is 1. The van der Waals surface area contributed by atoms with Gasteiger partial charge in [-0.15, -0.1) is 5.10 Å². The summed E-state index contributed by atoms with van der Waals surface area (Å²) in [6.07, 6.45) is 1.53. The number of aromatic nitrogens is 3. The molecule has 0 fully saturated rings. The molecule has 4 aromatic rings. The molecule has 0 aliphatic rings. The van der Waals surface area contributed by atoms with Crippen LogP contribution in [0, 0.1) is 0 Å². The summed E-state index contributed by atoms with van der Waals surface area (Å²) in [5, 5.41) is 14.3. The minimum Gasteiger partial charge on any atom is -0.457 e. The summed E-state index contributed by atoms with van der Waals surface area (Å²) >= 11 is 0. The maximum Gasteiger partial charge on any atom is 0.249 e. The fourth-order valence-corrected chi connectivity index (χ4v) is 2.71. The summed E-state index contributed by atoms with van der Waals surface area (Å²) < 4.78 is 5.79. The Morgan fingerprint density at radius 3 is 2.13 bits per heavy atom. The molecule has 0 spiro atoms. The van der Waals surface area contributed by atoms with Gasteiger partial charge >= 0.3 is 0 Å². The Bertz CT molecular complexity index is 1130. The van der Waals surface area contributed by atoms with Crippen molar-refractivity contribution in [2.24, 2.45) is 0 Å². The Morgan fingerprint density at radius 1 is 0.800 bits per heavy atom. The van der Waals surface area contributed by atoms with Gasteiger partial charge in [-0.1, -0.05) is 18.2 Å². The van der Waals surface area contributed by atoms with Crippen LogP contribution in [-0.2, 0) is 0 Å². The van der Waals surface area contributed by atoms with Gasteiger partial charge in [-0.3, -0.25) is 4.79 Å². The zero-order valence-corrected chi connectivity index (χ0v) is 16.2. The van der Waals surface area contributed by atoms with E-state index >= 15 is 0 Å². The average molecular weight is 397 g/mol. The van der Waals surface area contributed by atoms with Crippen molar-refractivity contribution in [2.75, 3.05) is 10.6 Å². The van der Waals surface area contributed by atoms with E-state index in [9.17, 15) is 4.79 Å². The highest BCUT2D eigenvalue weighted by Crippen LogP contribution is 2.24. The zero-order chi connectivity index (χ0) is 20.8. The van der Waals surface area contributed by atoms with Gasteiger partial charge in [0.2, 0.25) is 5.95 Å². The molecule has 148 valence electrons. The van der Waals surface area contributed by atoms with E-state index in [-0.39, 0.29) is 5.78 Å². The number of anilines is 4. The first-order chi connectivity index (χ1) is 14.7. The standard InChI is InChI=1S/C23H19N5O2/c1-16(29)17-7-9-18(10-8-17)25-22-15-24-28-23(27-22)26-19-11-13-21(14-12-19)30-20-5-3-2-4-6-20/h2-15H,1H3,(H2,25,26,27,28). The lowest BCUT2D eigenvalue weighted by Gasteiger charge is -2.09. The van der Waals surface area contributed by atoms with Gasteiger partial charge in [0.15, 0.2) is 11.6 Å². The SMILES string of the molecule is CC(=O)c1ccc(Nc2cnnc(Nc3ccc(Oc4ccccc4)cc3)n2)cc1. The van der Waals surface area contributed by atoms with Crippen molar-refractivity contribution in [3.8, 4) is 11.5 Å². The van der Waals surface area contributed by atoms with Crippen molar-refractivity contribution >= 4 is 28.9 Å². The van der Waals surface area contributed by atoms with Crippen LogP contribution in [0.2, 0.25) is 0 Å². The van der Waals surface area contributed by atoms with Crippen LogP contribution < -0.4 is 15.4 Å². The summed E-state index contributed by atoms with van der Waals surface area (Å²) in [6.45, 7) is 1.54. The first-order valence-corrected chi connectivity index (χ1v) is 9.33. The second-order valence-electron chi connectivity index (χ2n) is 6.49. The zero-order valence-electron chi connectivity index (χ0n) is 16.2. The number of carbonyl (C=O) groups excluding carboxylic acids is 1. The van der Waals surface area contributed by atoms with E-state index in [0.29, 0.717) is 17.3 Å². The van der Waals surface area contributed by atoms with E-state index in [1.54, 1.807) is 12.1 Å².